The summed E-state index contributed by atoms with van der Waals surface area (Å²) in [6.07, 6.45) is 3.07. The molecule has 0 radical (unpaired) electrons. The second-order valence-corrected chi connectivity index (χ2v) is 8.93. The van der Waals surface area contributed by atoms with Crippen molar-refractivity contribution >= 4 is 12.1 Å². The zero-order valence-electron chi connectivity index (χ0n) is 18.7. The first kappa shape index (κ1) is 21.9. The summed E-state index contributed by atoms with van der Waals surface area (Å²) in [5.74, 6) is 0. The lowest BCUT2D eigenvalue weighted by Gasteiger charge is -2.41. The standard InChI is InChI=1S/C22H29N7O3/c1-22(2,3)15-14-25-19(27-18(15)16-6-4-5-8-24-16)32-21(31)29-11-7-17(29)26-20(30)28-12-9-23-10-13-28/h4-6,8,14,17,23H,7,9-13H2,1-3H3,(H,26,30). The fourth-order valence-corrected chi connectivity index (χ4v) is 3.66. The second-order valence-electron chi connectivity index (χ2n) is 8.93. The highest BCUT2D eigenvalue weighted by atomic mass is 16.6. The minimum atomic E-state index is -0.586. The molecule has 10 heteroatoms. The highest BCUT2D eigenvalue weighted by Crippen LogP contribution is 2.31. The van der Waals surface area contributed by atoms with Gasteiger partial charge in [0.1, 0.15) is 6.17 Å². The number of rotatable bonds is 3. The van der Waals surface area contributed by atoms with Gasteiger partial charge in [-0.25, -0.2) is 14.6 Å². The zero-order chi connectivity index (χ0) is 22.7. The van der Waals surface area contributed by atoms with Crippen molar-refractivity contribution in [3.63, 3.8) is 0 Å². The first-order valence-corrected chi connectivity index (χ1v) is 10.9. The number of carbonyl (C=O) groups is 2. The van der Waals surface area contributed by atoms with E-state index in [-0.39, 0.29) is 17.5 Å². The third-order valence-corrected chi connectivity index (χ3v) is 5.61. The van der Waals surface area contributed by atoms with Gasteiger partial charge >= 0.3 is 18.1 Å². The fraction of sp³-hybridized carbons (Fsp3) is 0.500. The Bertz CT molecular complexity index is 971. The predicted molar refractivity (Wildman–Crippen MR) is 118 cm³/mol. The number of ether oxygens (including phenoxy) is 1. The molecule has 2 aromatic heterocycles. The van der Waals surface area contributed by atoms with Crippen molar-refractivity contribution in [3.8, 4) is 17.4 Å². The molecule has 170 valence electrons. The molecule has 10 nitrogen and oxygen atoms in total. The Hall–Kier alpha value is -3.27. The lowest BCUT2D eigenvalue weighted by Crippen LogP contribution is -2.63. The maximum Gasteiger partial charge on any atom is 0.419 e. The summed E-state index contributed by atoms with van der Waals surface area (Å²) in [4.78, 5) is 41.5. The summed E-state index contributed by atoms with van der Waals surface area (Å²) in [6, 6.07) is 5.37. The molecule has 2 saturated heterocycles. The average Bonchev–Trinajstić information content (AvgIpc) is 2.77. The van der Waals surface area contributed by atoms with Crippen LogP contribution in [-0.4, -0.2) is 75.8 Å². The van der Waals surface area contributed by atoms with Gasteiger partial charge in [0.25, 0.3) is 0 Å². The van der Waals surface area contributed by atoms with Crippen molar-refractivity contribution in [2.45, 2.75) is 38.8 Å². The third kappa shape index (κ3) is 4.80. The molecule has 3 amide bonds. The van der Waals surface area contributed by atoms with E-state index in [1.165, 1.54) is 4.90 Å². The smallest absolute Gasteiger partial charge is 0.374 e. The maximum absolute atomic E-state index is 12.7. The van der Waals surface area contributed by atoms with Crippen LogP contribution >= 0.6 is 0 Å². The van der Waals surface area contributed by atoms with Crippen LogP contribution < -0.4 is 15.4 Å². The molecule has 32 heavy (non-hydrogen) atoms. The Balaban J connectivity index is 1.45. The van der Waals surface area contributed by atoms with Crippen molar-refractivity contribution in [1.82, 2.24) is 35.4 Å². The van der Waals surface area contributed by atoms with Crippen molar-refractivity contribution in [2.24, 2.45) is 0 Å². The number of amides is 3. The van der Waals surface area contributed by atoms with Crippen molar-refractivity contribution in [3.05, 3.63) is 36.2 Å². The van der Waals surface area contributed by atoms with Crippen LogP contribution in [0.5, 0.6) is 6.01 Å². The van der Waals surface area contributed by atoms with Gasteiger partial charge in [0.05, 0.1) is 11.4 Å². The highest BCUT2D eigenvalue weighted by Gasteiger charge is 2.36. The minimum absolute atomic E-state index is 0.0391. The van der Waals surface area contributed by atoms with Crippen LogP contribution in [0.1, 0.15) is 32.8 Å². The first-order valence-electron chi connectivity index (χ1n) is 10.9. The number of hydrogen-bond donors (Lipinski definition) is 2. The van der Waals surface area contributed by atoms with E-state index in [4.69, 9.17) is 4.74 Å². The summed E-state index contributed by atoms with van der Waals surface area (Å²) in [6.45, 7) is 9.52. The Morgan fingerprint density at radius 1 is 1.16 bits per heavy atom. The molecule has 0 saturated carbocycles. The predicted octanol–water partition coefficient (Wildman–Crippen LogP) is 1.98. The Morgan fingerprint density at radius 3 is 2.56 bits per heavy atom. The van der Waals surface area contributed by atoms with Gasteiger partial charge < -0.3 is 20.3 Å². The average molecular weight is 440 g/mol. The van der Waals surface area contributed by atoms with E-state index in [0.717, 1.165) is 18.7 Å². The third-order valence-electron chi connectivity index (χ3n) is 5.61. The van der Waals surface area contributed by atoms with Crippen LogP contribution in [0.15, 0.2) is 30.6 Å². The molecular weight excluding hydrogens is 410 g/mol. The van der Waals surface area contributed by atoms with E-state index in [2.05, 4.69) is 46.4 Å². The highest BCUT2D eigenvalue weighted by molar-refractivity contribution is 5.77. The van der Waals surface area contributed by atoms with E-state index in [1.54, 1.807) is 17.3 Å². The van der Waals surface area contributed by atoms with Crippen molar-refractivity contribution in [2.75, 3.05) is 32.7 Å². The van der Waals surface area contributed by atoms with Crippen LogP contribution in [0, 0.1) is 0 Å². The van der Waals surface area contributed by atoms with Crippen LogP contribution in [0.2, 0.25) is 0 Å². The van der Waals surface area contributed by atoms with Crippen LogP contribution in [0.25, 0.3) is 11.4 Å². The quantitative estimate of drug-likeness (QED) is 0.752. The Kier molecular flexibility index (Phi) is 6.22. The van der Waals surface area contributed by atoms with Gasteiger partial charge in [0.15, 0.2) is 0 Å². The molecule has 1 unspecified atom stereocenters. The summed E-state index contributed by atoms with van der Waals surface area (Å²) in [5.41, 5.74) is 2.00. The molecule has 0 bridgehead atoms. The summed E-state index contributed by atoms with van der Waals surface area (Å²) >= 11 is 0. The van der Waals surface area contributed by atoms with Gasteiger partial charge in [-0.2, -0.15) is 4.98 Å². The summed E-state index contributed by atoms with van der Waals surface area (Å²) in [7, 11) is 0. The molecule has 2 aliphatic rings. The first-order chi connectivity index (χ1) is 15.3. The molecule has 0 aliphatic carbocycles. The number of carbonyl (C=O) groups excluding carboxylic acids is 2. The largest absolute Gasteiger partial charge is 0.419 e. The summed E-state index contributed by atoms with van der Waals surface area (Å²) in [5, 5.41) is 6.11. The van der Waals surface area contributed by atoms with E-state index < -0.39 is 12.3 Å². The molecule has 2 aliphatic heterocycles. The maximum atomic E-state index is 12.7. The fourth-order valence-electron chi connectivity index (χ4n) is 3.66. The number of pyridine rings is 1. The number of nitrogens with zero attached hydrogens (tertiary/aromatic N) is 5. The van der Waals surface area contributed by atoms with E-state index in [0.29, 0.717) is 37.4 Å². The number of aromatic nitrogens is 3. The van der Waals surface area contributed by atoms with Gasteiger partial charge in [-0.3, -0.25) is 9.88 Å². The molecule has 2 fully saturated rings. The number of hydrogen-bond acceptors (Lipinski definition) is 7. The van der Waals surface area contributed by atoms with E-state index >= 15 is 0 Å². The molecular formula is C22H29N7O3. The van der Waals surface area contributed by atoms with Crippen LogP contribution in [0.4, 0.5) is 9.59 Å². The lowest BCUT2D eigenvalue weighted by molar-refractivity contribution is 0.0631. The number of urea groups is 1. The molecule has 1 atom stereocenters. The van der Waals surface area contributed by atoms with Gasteiger partial charge in [0, 0.05) is 57.1 Å². The normalized spacial score (nSPS) is 18.7. The SMILES string of the molecule is CC(C)(C)c1cnc(OC(=O)N2CCC2NC(=O)N2CCNCC2)nc1-c1ccccn1. The van der Waals surface area contributed by atoms with Crippen LogP contribution in [0.3, 0.4) is 0 Å². The number of nitrogens with one attached hydrogen (secondary N) is 2. The van der Waals surface area contributed by atoms with Gasteiger partial charge in [-0.1, -0.05) is 26.8 Å². The molecule has 0 spiro atoms. The molecule has 0 aromatic carbocycles. The van der Waals surface area contributed by atoms with Crippen LogP contribution in [-0.2, 0) is 5.41 Å². The van der Waals surface area contributed by atoms with Gasteiger partial charge in [0.2, 0.25) is 0 Å². The van der Waals surface area contributed by atoms with E-state index in [9.17, 15) is 9.59 Å². The zero-order valence-corrected chi connectivity index (χ0v) is 18.7. The Morgan fingerprint density at radius 2 is 1.94 bits per heavy atom. The number of piperazine rings is 1. The topological polar surface area (TPSA) is 113 Å². The second kappa shape index (κ2) is 9.07. The number of likely N-dealkylation sites (tertiary alicyclic amines) is 1. The van der Waals surface area contributed by atoms with Crippen molar-refractivity contribution < 1.29 is 14.3 Å². The van der Waals surface area contributed by atoms with Crippen molar-refractivity contribution in [1.29, 1.82) is 0 Å². The minimum Gasteiger partial charge on any atom is -0.374 e. The summed E-state index contributed by atoms with van der Waals surface area (Å²) < 4.78 is 5.47. The Labute approximate surface area is 187 Å². The molecule has 4 heterocycles. The molecule has 4 rings (SSSR count). The van der Waals surface area contributed by atoms with Gasteiger partial charge in [-0.05, 0) is 17.5 Å². The lowest BCUT2D eigenvalue weighted by atomic mass is 9.86. The van der Waals surface area contributed by atoms with Gasteiger partial charge in [-0.15, -0.1) is 0 Å². The molecule has 2 aromatic rings. The monoisotopic (exact) mass is 439 g/mol. The molecule has 2 N–H and O–H groups in total. The van der Waals surface area contributed by atoms with E-state index in [1.807, 2.05) is 18.2 Å².